The van der Waals surface area contributed by atoms with Gasteiger partial charge in [0, 0.05) is 68.3 Å². The molecule has 4 heterocycles. The highest BCUT2D eigenvalue weighted by Gasteiger charge is 2.30. The normalized spacial score (nSPS) is 18.6. The third-order valence-corrected chi connectivity index (χ3v) is 6.71. The van der Waals surface area contributed by atoms with Gasteiger partial charge in [0.1, 0.15) is 11.9 Å². The topological polar surface area (TPSA) is 50.6 Å². The van der Waals surface area contributed by atoms with E-state index in [0.29, 0.717) is 6.04 Å². The summed E-state index contributed by atoms with van der Waals surface area (Å²) < 4.78 is 8.15. The van der Waals surface area contributed by atoms with E-state index in [1.54, 1.807) is 12.4 Å². The van der Waals surface area contributed by atoms with Crippen LogP contribution in [0.15, 0.2) is 73.3 Å². The van der Waals surface area contributed by atoms with Crippen molar-refractivity contribution in [3.05, 3.63) is 78.9 Å². The number of carbonyl (C=O) groups excluding carboxylic acids is 1. The van der Waals surface area contributed by atoms with Crippen molar-refractivity contribution in [3.8, 4) is 11.4 Å². The van der Waals surface area contributed by atoms with E-state index in [-0.39, 0.29) is 12.0 Å². The maximum absolute atomic E-state index is 13.0. The molecule has 0 radical (unpaired) electrons. The largest absolute Gasteiger partial charge is 0.490 e. The average molecular weight is 431 g/mol. The van der Waals surface area contributed by atoms with Gasteiger partial charge in [-0.3, -0.25) is 14.7 Å². The first-order valence-electron chi connectivity index (χ1n) is 11.6. The Morgan fingerprint density at radius 3 is 2.16 bits per heavy atom. The summed E-state index contributed by atoms with van der Waals surface area (Å²) in [5, 5.41) is 0. The number of ether oxygens (including phenoxy) is 1. The Hall–Kier alpha value is -3.12. The fourth-order valence-corrected chi connectivity index (χ4v) is 4.87. The second-order valence-corrected chi connectivity index (χ2v) is 8.70. The van der Waals surface area contributed by atoms with Crippen molar-refractivity contribution in [3.63, 3.8) is 0 Å². The number of amides is 1. The van der Waals surface area contributed by atoms with E-state index in [1.165, 1.54) is 0 Å². The standard InChI is InChI=1S/C26H30N4O2/c31-26(21-3-5-22(6-4-21)28-15-1-2-16-28)30-17-9-23(10-18-30)29-19-11-25(12-20-29)32-24-7-13-27-14-8-24/h1-8,13-16,23,25H,9-12,17-20H2. The van der Waals surface area contributed by atoms with Crippen molar-refractivity contribution >= 4 is 5.91 Å². The Morgan fingerprint density at radius 1 is 0.844 bits per heavy atom. The number of aromatic nitrogens is 2. The molecule has 1 amide bonds. The molecule has 5 rings (SSSR count). The lowest BCUT2D eigenvalue weighted by atomic mass is 9.98. The van der Waals surface area contributed by atoms with Crippen LogP contribution in [0.25, 0.3) is 5.69 Å². The van der Waals surface area contributed by atoms with Gasteiger partial charge < -0.3 is 14.2 Å². The average Bonchev–Trinajstić information content (AvgIpc) is 3.40. The van der Waals surface area contributed by atoms with E-state index in [2.05, 4.69) is 9.88 Å². The molecule has 32 heavy (non-hydrogen) atoms. The number of likely N-dealkylation sites (tertiary alicyclic amines) is 2. The van der Waals surface area contributed by atoms with Gasteiger partial charge in [-0.2, -0.15) is 0 Å². The molecule has 0 bridgehead atoms. The molecule has 0 N–H and O–H groups in total. The molecule has 2 fully saturated rings. The third kappa shape index (κ3) is 4.70. The van der Waals surface area contributed by atoms with Crippen LogP contribution in [0, 0.1) is 0 Å². The molecule has 0 unspecified atom stereocenters. The van der Waals surface area contributed by atoms with Crippen molar-refractivity contribution in [1.29, 1.82) is 0 Å². The fraction of sp³-hybridized carbons (Fsp3) is 0.385. The number of nitrogens with zero attached hydrogens (tertiary/aromatic N) is 4. The second-order valence-electron chi connectivity index (χ2n) is 8.70. The molecule has 0 aliphatic carbocycles. The number of hydrogen-bond donors (Lipinski definition) is 0. The Morgan fingerprint density at radius 2 is 1.50 bits per heavy atom. The molecule has 3 aromatic rings. The summed E-state index contributed by atoms with van der Waals surface area (Å²) in [6.07, 6.45) is 12.0. The number of hydrogen-bond acceptors (Lipinski definition) is 4. The van der Waals surface area contributed by atoms with E-state index in [1.807, 2.05) is 70.4 Å². The molecule has 2 aliphatic heterocycles. The molecule has 6 nitrogen and oxygen atoms in total. The summed E-state index contributed by atoms with van der Waals surface area (Å²) in [7, 11) is 0. The highest BCUT2D eigenvalue weighted by Crippen LogP contribution is 2.24. The number of rotatable bonds is 5. The van der Waals surface area contributed by atoms with Crippen molar-refractivity contribution < 1.29 is 9.53 Å². The minimum absolute atomic E-state index is 0.145. The molecular weight excluding hydrogens is 400 g/mol. The van der Waals surface area contributed by atoms with Crippen LogP contribution in [-0.2, 0) is 0 Å². The fourth-order valence-electron chi connectivity index (χ4n) is 4.87. The third-order valence-electron chi connectivity index (χ3n) is 6.71. The van der Waals surface area contributed by atoms with Gasteiger partial charge in [-0.1, -0.05) is 0 Å². The first-order valence-corrected chi connectivity index (χ1v) is 11.6. The second kappa shape index (κ2) is 9.57. The number of pyridine rings is 1. The number of piperidine rings is 2. The molecule has 2 saturated heterocycles. The Kier molecular flexibility index (Phi) is 6.21. The maximum atomic E-state index is 13.0. The molecule has 0 atom stereocenters. The van der Waals surface area contributed by atoms with Gasteiger partial charge in [0.15, 0.2) is 0 Å². The predicted molar refractivity (Wildman–Crippen MR) is 124 cm³/mol. The smallest absolute Gasteiger partial charge is 0.253 e. The SMILES string of the molecule is O=C(c1ccc(-n2cccc2)cc1)N1CCC(N2CCC(Oc3ccncc3)CC2)CC1. The number of carbonyl (C=O) groups is 1. The Labute approximate surface area is 189 Å². The Balaban J connectivity index is 1.09. The highest BCUT2D eigenvalue weighted by atomic mass is 16.5. The van der Waals surface area contributed by atoms with Crippen LogP contribution >= 0.6 is 0 Å². The van der Waals surface area contributed by atoms with Crippen LogP contribution in [-0.4, -0.2) is 63.6 Å². The quantitative estimate of drug-likeness (QED) is 0.614. The zero-order chi connectivity index (χ0) is 21.8. The summed E-state index contributed by atoms with van der Waals surface area (Å²) in [5.41, 5.74) is 1.84. The number of benzene rings is 1. The zero-order valence-corrected chi connectivity index (χ0v) is 18.3. The first-order chi connectivity index (χ1) is 15.8. The van der Waals surface area contributed by atoms with Gasteiger partial charge in [0.25, 0.3) is 5.91 Å². The summed E-state index contributed by atoms with van der Waals surface area (Å²) in [6.45, 7) is 3.79. The van der Waals surface area contributed by atoms with Crippen molar-refractivity contribution in [2.75, 3.05) is 26.2 Å². The van der Waals surface area contributed by atoms with Crippen LogP contribution < -0.4 is 4.74 Å². The lowest BCUT2D eigenvalue weighted by Gasteiger charge is -2.41. The summed E-state index contributed by atoms with van der Waals surface area (Å²) in [5.74, 6) is 1.05. The minimum Gasteiger partial charge on any atom is -0.490 e. The molecule has 166 valence electrons. The summed E-state index contributed by atoms with van der Waals surface area (Å²) in [6, 6.07) is 16.3. The summed E-state index contributed by atoms with van der Waals surface area (Å²) >= 11 is 0. The van der Waals surface area contributed by atoms with Crippen LogP contribution in [0.4, 0.5) is 0 Å². The van der Waals surface area contributed by atoms with Crippen LogP contribution in [0.1, 0.15) is 36.0 Å². The van der Waals surface area contributed by atoms with E-state index < -0.39 is 0 Å². The van der Waals surface area contributed by atoms with E-state index >= 15 is 0 Å². The predicted octanol–water partition coefficient (Wildman–Crippen LogP) is 4.02. The van der Waals surface area contributed by atoms with Gasteiger partial charge in [0.05, 0.1) is 0 Å². The van der Waals surface area contributed by atoms with Gasteiger partial charge in [-0.05, 0) is 74.2 Å². The van der Waals surface area contributed by atoms with Gasteiger partial charge >= 0.3 is 0 Å². The maximum Gasteiger partial charge on any atom is 0.253 e. The van der Waals surface area contributed by atoms with Crippen LogP contribution in [0.3, 0.4) is 0 Å². The van der Waals surface area contributed by atoms with E-state index in [4.69, 9.17) is 4.74 Å². The highest BCUT2D eigenvalue weighted by molar-refractivity contribution is 5.94. The van der Waals surface area contributed by atoms with E-state index in [0.717, 1.165) is 68.9 Å². The molecule has 2 aliphatic rings. The molecule has 2 aromatic heterocycles. The van der Waals surface area contributed by atoms with E-state index in [9.17, 15) is 4.79 Å². The van der Waals surface area contributed by atoms with Crippen LogP contribution in [0.5, 0.6) is 5.75 Å². The lowest BCUT2D eigenvalue weighted by Crippen LogP contribution is -2.50. The van der Waals surface area contributed by atoms with Gasteiger partial charge in [0.2, 0.25) is 0 Å². The molecule has 0 spiro atoms. The lowest BCUT2D eigenvalue weighted by molar-refractivity contribution is 0.0425. The first kappa shape index (κ1) is 20.8. The van der Waals surface area contributed by atoms with Crippen molar-refractivity contribution in [2.45, 2.75) is 37.8 Å². The van der Waals surface area contributed by atoms with Crippen molar-refractivity contribution in [1.82, 2.24) is 19.4 Å². The molecule has 6 heteroatoms. The molecule has 0 saturated carbocycles. The Bertz CT molecular complexity index is 988. The van der Waals surface area contributed by atoms with Crippen LogP contribution in [0.2, 0.25) is 0 Å². The summed E-state index contributed by atoms with van der Waals surface area (Å²) in [4.78, 5) is 21.6. The molecule has 1 aromatic carbocycles. The zero-order valence-electron chi connectivity index (χ0n) is 18.3. The molecular formula is C26H30N4O2. The van der Waals surface area contributed by atoms with Gasteiger partial charge in [-0.15, -0.1) is 0 Å². The monoisotopic (exact) mass is 430 g/mol. The van der Waals surface area contributed by atoms with Crippen molar-refractivity contribution in [2.24, 2.45) is 0 Å². The van der Waals surface area contributed by atoms with Gasteiger partial charge in [-0.25, -0.2) is 0 Å². The minimum atomic E-state index is 0.145.